The van der Waals surface area contributed by atoms with E-state index in [1.54, 1.807) is 6.20 Å². The first kappa shape index (κ1) is 10.8. The molecule has 0 amide bonds. The number of benzene rings is 1. The van der Waals surface area contributed by atoms with Gasteiger partial charge in [0.05, 0.1) is 11.1 Å². The molecule has 86 valence electrons. The molecule has 0 radical (unpaired) electrons. The third-order valence-corrected chi connectivity index (χ3v) is 3.46. The van der Waals surface area contributed by atoms with Gasteiger partial charge in [0, 0.05) is 20.5 Å². The van der Waals surface area contributed by atoms with Crippen LogP contribution in [0.3, 0.4) is 0 Å². The van der Waals surface area contributed by atoms with E-state index in [0.717, 1.165) is 25.4 Å². The molecule has 5 nitrogen and oxygen atoms in total. The zero-order valence-corrected chi connectivity index (χ0v) is 11.4. The van der Waals surface area contributed by atoms with Gasteiger partial charge in [-0.15, -0.1) is 5.10 Å². The second-order valence-corrected chi connectivity index (χ2v) is 5.20. The number of H-pyrrole nitrogens is 2. The molecule has 1 aromatic carbocycles. The Labute approximate surface area is 111 Å². The highest BCUT2D eigenvalue weighted by atomic mass is 79.9. The van der Waals surface area contributed by atoms with E-state index >= 15 is 0 Å². The average Bonchev–Trinajstić information content (AvgIpc) is 2.83. The predicted octanol–water partition coefficient (Wildman–Crippen LogP) is 3.04. The number of aromatic nitrogens is 3. The van der Waals surface area contributed by atoms with Gasteiger partial charge in [-0.1, -0.05) is 15.9 Å². The van der Waals surface area contributed by atoms with Crippen molar-refractivity contribution in [3.63, 3.8) is 0 Å². The van der Waals surface area contributed by atoms with Crippen LogP contribution in [0.2, 0.25) is 0 Å². The number of halogens is 2. The fraction of sp³-hybridized carbons (Fsp3) is 0. The molecule has 0 fully saturated rings. The van der Waals surface area contributed by atoms with Crippen molar-refractivity contribution in [3.05, 3.63) is 37.8 Å². The molecule has 0 unspecified atom stereocenters. The van der Waals surface area contributed by atoms with Crippen molar-refractivity contribution < 1.29 is 4.42 Å². The molecule has 7 heteroatoms. The molecular formula is C10H5Br2N3O2. The lowest BCUT2D eigenvalue weighted by Crippen LogP contribution is -1.93. The van der Waals surface area contributed by atoms with Crippen LogP contribution in [-0.2, 0) is 0 Å². The summed E-state index contributed by atoms with van der Waals surface area (Å²) in [6.07, 6.45) is 1.75. The molecule has 0 aliphatic carbocycles. The van der Waals surface area contributed by atoms with Gasteiger partial charge in [0.2, 0.25) is 0 Å². The van der Waals surface area contributed by atoms with Crippen molar-refractivity contribution in [3.8, 4) is 11.5 Å². The Morgan fingerprint density at radius 2 is 2.12 bits per heavy atom. The van der Waals surface area contributed by atoms with Gasteiger partial charge in [0.1, 0.15) is 0 Å². The molecule has 0 aliphatic heterocycles. The van der Waals surface area contributed by atoms with Gasteiger partial charge in [-0.3, -0.25) is 0 Å². The number of hydrogen-bond acceptors (Lipinski definition) is 3. The molecule has 3 rings (SSSR count). The molecule has 2 N–H and O–H groups in total. The third-order valence-electron chi connectivity index (χ3n) is 2.37. The summed E-state index contributed by atoms with van der Waals surface area (Å²) in [4.78, 5) is 14.0. The topological polar surface area (TPSA) is 74.7 Å². The van der Waals surface area contributed by atoms with E-state index in [0.29, 0.717) is 0 Å². The van der Waals surface area contributed by atoms with Crippen LogP contribution in [0.1, 0.15) is 0 Å². The van der Waals surface area contributed by atoms with Crippen LogP contribution in [0.15, 0.2) is 36.5 Å². The lowest BCUT2D eigenvalue weighted by Gasteiger charge is -1.97. The standard InChI is InChI=1S/C10H5Br2N3O2/c11-4-1-5-6(9-14-15-10(16)17-9)3-13-8(5)7(12)2-4/h1-3,13H,(H,15,16). The summed E-state index contributed by atoms with van der Waals surface area (Å²) in [7, 11) is 0. The van der Waals surface area contributed by atoms with Crippen LogP contribution in [-0.4, -0.2) is 15.2 Å². The van der Waals surface area contributed by atoms with Gasteiger partial charge in [-0.05, 0) is 28.1 Å². The third kappa shape index (κ3) is 1.75. The Bertz CT molecular complexity index is 756. The van der Waals surface area contributed by atoms with Crippen molar-refractivity contribution >= 4 is 42.8 Å². The summed E-state index contributed by atoms with van der Waals surface area (Å²) in [6.45, 7) is 0. The highest BCUT2D eigenvalue weighted by Crippen LogP contribution is 2.33. The van der Waals surface area contributed by atoms with Gasteiger partial charge in [-0.25, -0.2) is 9.89 Å². The van der Waals surface area contributed by atoms with E-state index in [1.165, 1.54) is 0 Å². The van der Waals surface area contributed by atoms with Crippen molar-refractivity contribution in [2.75, 3.05) is 0 Å². The Kier molecular flexibility index (Phi) is 2.44. The number of nitrogens with one attached hydrogen (secondary N) is 2. The Morgan fingerprint density at radius 3 is 2.82 bits per heavy atom. The van der Waals surface area contributed by atoms with E-state index in [2.05, 4.69) is 47.0 Å². The monoisotopic (exact) mass is 357 g/mol. The molecular weight excluding hydrogens is 354 g/mol. The van der Waals surface area contributed by atoms with Crippen LogP contribution in [0.4, 0.5) is 0 Å². The predicted molar refractivity (Wildman–Crippen MR) is 69.8 cm³/mol. The maximum Gasteiger partial charge on any atom is 0.434 e. The Balaban J connectivity index is 2.35. The molecule has 0 saturated heterocycles. The van der Waals surface area contributed by atoms with Crippen LogP contribution >= 0.6 is 31.9 Å². The highest BCUT2D eigenvalue weighted by Gasteiger charge is 2.13. The molecule has 0 atom stereocenters. The lowest BCUT2D eigenvalue weighted by atomic mass is 10.2. The van der Waals surface area contributed by atoms with E-state index in [-0.39, 0.29) is 5.89 Å². The number of aromatic amines is 2. The van der Waals surface area contributed by atoms with Gasteiger partial charge in [0.25, 0.3) is 5.89 Å². The van der Waals surface area contributed by atoms with E-state index < -0.39 is 5.76 Å². The summed E-state index contributed by atoms with van der Waals surface area (Å²) in [5, 5.41) is 6.97. The quantitative estimate of drug-likeness (QED) is 0.702. The minimum absolute atomic E-state index is 0.270. The fourth-order valence-corrected chi connectivity index (χ4v) is 3.02. The number of fused-ring (bicyclic) bond motifs is 1. The number of rotatable bonds is 1. The number of nitrogens with zero attached hydrogens (tertiary/aromatic N) is 1. The van der Waals surface area contributed by atoms with Gasteiger partial charge >= 0.3 is 5.76 Å². The maximum atomic E-state index is 10.9. The Hall–Kier alpha value is -1.34. The second-order valence-electron chi connectivity index (χ2n) is 3.43. The van der Waals surface area contributed by atoms with Crippen molar-refractivity contribution in [2.45, 2.75) is 0 Å². The zero-order valence-electron chi connectivity index (χ0n) is 8.25. The largest absolute Gasteiger partial charge is 0.434 e. The molecule has 3 aromatic rings. The minimum Gasteiger partial charge on any atom is -0.388 e. The number of hydrogen-bond donors (Lipinski definition) is 2. The van der Waals surface area contributed by atoms with Crippen LogP contribution in [0.5, 0.6) is 0 Å². The van der Waals surface area contributed by atoms with Crippen LogP contribution in [0.25, 0.3) is 22.4 Å². The fourth-order valence-electron chi connectivity index (χ4n) is 1.68. The minimum atomic E-state index is -0.566. The SMILES string of the molecule is O=c1[nH]nc(-c2c[nH]c3c(Br)cc(Br)cc23)o1. The molecule has 2 heterocycles. The van der Waals surface area contributed by atoms with Gasteiger partial charge < -0.3 is 9.40 Å². The molecule has 17 heavy (non-hydrogen) atoms. The van der Waals surface area contributed by atoms with E-state index in [9.17, 15) is 4.79 Å². The summed E-state index contributed by atoms with van der Waals surface area (Å²) in [5.74, 6) is -0.297. The van der Waals surface area contributed by atoms with Crippen molar-refractivity contribution in [1.82, 2.24) is 15.2 Å². The van der Waals surface area contributed by atoms with Gasteiger partial charge in [-0.2, -0.15) is 0 Å². The van der Waals surface area contributed by atoms with Crippen LogP contribution in [0, 0.1) is 0 Å². The molecule has 2 aromatic heterocycles. The van der Waals surface area contributed by atoms with Crippen molar-refractivity contribution in [2.24, 2.45) is 0 Å². The lowest BCUT2D eigenvalue weighted by molar-refractivity contribution is 0.527. The summed E-state index contributed by atoms with van der Waals surface area (Å²) >= 11 is 6.87. The average molecular weight is 359 g/mol. The first-order chi connectivity index (χ1) is 8.15. The van der Waals surface area contributed by atoms with E-state index in [4.69, 9.17) is 4.42 Å². The maximum absolute atomic E-state index is 10.9. The highest BCUT2D eigenvalue weighted by molar-refractivity contribution is 9.11. The summed E-state index contributed by atoms with van der Waals surface area (Å²) in [6, 6.07) is 3.87. The molecule has 0 spiro atoms. The van der Waals surface area contributed by atoms with E-state index in [1.807, 2.05) is 12.1 Å². The molecule has 0 aliphatic rings. The molecule has 0 bridgehead atoms. The summed E-state index contributed by atoms with van der Waals surface area (Å²) in [5.41, 5.74) is 1.66. The smallest absolute Gasteiger partial charge is 0.388 e. The second kappa shape index (κ2) is 3.85. The first-order valence-corrected chi connectivity index (χ1v) is 6.26. The van der Waals surface area contributed by atoms with Gasteiger partial charge in [0.15, 0.2) is 0 Å². The van der Waals surface area contributed by atoms with Crippen LogP contribution < -0.4 is 5.76 Å². The first-order valence-electron chi connectivity index (χ1n) is 4.67. The zero-order chi connectivity index (χ0) is 12.0. The summed E-state index contributed by atoms with van der Waals surface area (Å²) < 4.78 is 6.79. The Morgan fingerprint density at radius 1 is 1.29 bits per heavy atom. The molecule has 0 saturated carbocycles. The van der Waals surface area contributed by atoms with Crippen molar-refractivity contribution in [1.29, 1.82) is 0 Å². The normalized spacial score (nSPS) is 11.2.